The van der Waals surface area contributed by atoms with Crippen LogP contribution in [0.1, 0.15) is 32.2 Å². The van der Waals surface area contributed by atoms with Crippen molar-refractivity contribution in [3.8, 4) is 0 Å². The van der Waals surface area contributed by atoms with Crippen molar-refractivity contribution in [2.24, 2.45) is 5.41 Å². The summed E-state index contributed by atoms with van der Waals surface area (Å²) in [5, 5.41) is 8.13. The van der Waals surface area contributed by atoms with E-state index in [0.717, 1.165) is 49.4 Å². The van der Waals surface area contributed by atoms with E-state index in [4.69, 9.17) is 4.74 Å². The summed E-state index contributed by atoms with van der Waals surface area (Å²) in [6, 6.07) is 0. The van der Waals surface area contributed by atoms with Gasteiger partial charge in [0.25, 0.3) is 0 Å². The van der Waals surface area contributed by atoms with Crippen LogP contribution in [0.25, 0.3) is 0 Å². The number of nitrogens with zero attached hydrogens (tertiary/aromatic N) is 2. The van der Waals surface area contributed by atoms with Crippen LogP contribution >= 0.6 is 15.9 Å². The first-order chi connectivity index (χ1) is 8.59. The van der Waals surface area contributed by atoms with Gasteiger partial charge in [0.2, 0.25) is 0 Å². The lowest BCUT2D eigenvalue weighted by Crippen LogP contribution is -2.47. The molecule has 4 nitrogen and oxygen atoms in total. The molecule has 0 amide bonds. The van der Waals surface area contributed by atoms with Gasteiger partial charge in [0.05, 0.1) is 29.1 Å². The van der Waals surface area contributed by atoms with Gasteiger partial charge in [0.1, 0.15) is 0 Å². The Hall–Kier alpha value is -0.390. The maximum absolute atomic E-state index is 5.26. The van der Waals surface area contributed by atoms with Gasteiger partial charge >= 0.3 is 0 Å². The van der Waals surface area contributed by atoms with E-state index >= 15 is 0 Å². The lowest BCUT2D eigenvalue weighted by molar-refractivity contribution is -0.0992. The second-order valence-electron chi connectivity index (χ2n) is 5.28. The van der Waals surface area contributed by atoms with Crippen molar-refractivity contribution in [1.29, 1.82) is 0 Å². The fourth-order valence-corrected chi connectivity index (χ4v) is 2.93. The molecule has 1 N–H and O–H groups in total. The Balaban J connectivity index is 1.97. The molecular weight excluding hydrogens is 294 g/mol. The van der Waals surface area contributed by atoms with Gasteiger partial charge in [0.15, 0.2) is 0 Å². The van der Waals surface area contributed by atoms with Gasteiger partial charge in [-0.3, -0.25) is 4.68 Å². The van der Waals surface area contributed by atoms with Crippen LogP contribution in [0.15, 0.2) is 4.47 Å². The molecule has 0 bridgehead atoms. The van der Waals surface area contributed by atoms with Gasteiger partial charge in [-0.25, -0.2) is 0 Å². The second-order valence-corrected chi connectivity index (χ2v) is 6.08. The molecule has 102 valence electrons. The van der Waals surface area contributed by atoms with Crippen molar-refractivity contribution in [3.63, 3.8) is 0 Å². The maximum Gasteiger partial charge on any atom is 0.0767 e. The summed E-state index contributed by atoms with van der Waals surface area (Å²) in [6.07, 6.45) is 0.964. The highest BCUT2D eigenvalue weighted by atomic mass is 79.9. The number of aryl methyl sites for hydroxylation is 2. The zero-order chi connectivity index (χ0) is 13.2. The van der Waals surface area contributed by atoms with Gasteiger partial charge < -0.3 is 10.1 Å². The Morgan fingerprint density at radius 3 is 2.67 bits per heavy atom. The Labute approximate surface area is 117 Å². The zero-order valence-corrected chi connectivity index (χ0v) is 13.0. The molecule has 0 saturated carbocycles. The van der Waals surface area contributed by atoms with Crippen molar-refractivity contribution >= 4 is 15.9 Å². The predicted octanol–water partition coefficient (Wildman–Crippen LogP) is 2.35. The van der Waals surface area contributed by atoms with Gasteiger partial charge in [-0.05, 0) is 29.3 Å². The molecule has 18 heavy (non-hydrogen) atoms. The van der Waals surface area contributed by atoms with E-state index in [-0.39, 0.29) is 0 Å². The van der Waals surface area contributed by atoms with Crippen molar-refractivity contribution in [2.75, 3.05) is 19.8 Å². The summed E-state index contributed by atoms with van der Waals surface area (Å²) in [6.45, 7) is 11.0. The standard InChI is InChI=1S/C13H22BrN3O/c1-4-10-12(14)11(17(5-2)16-10)6-15-7-13(3)8-18-9-13/h15H,4-9H2,1-3H3. The van der Waals surface area contributed by atoms with Gasteiger partial charge in [-0.15, -0.1) is 0 Å². The lowest BCUT2D eigenvalue weighted by atomic mass is 9.89. The largest absolute Gasteiger partial charge is 0.380 e. The van der Waals surface area contributed by atoms with E-state index in [1.807, 2.05) is 0 Å². The molecule has 2 rings (SSSR count). The molecule has 5 heteroatoms. The van der Waals surface area contributed by atoms with Crippen molar-refractivity contribution in [2.45, 2.75) is 40.3 Å². The SMILES string of the molecule is CCc1nn(CC)c(CNCC2(C)COC2)c1Br. The molecule has 1 aliphatic heterocycles. The van der Waals surface area contributed by atoms with Crippen LogP contribution < -0.4 is 5.32 Å². The highest BCUT2D eigenvalue weighted by Gasteiger charge is 2.32. The van der Waals surface area contributed by atoms with Crippen molar-refractivity contribution < 1.29 is 4.74 Å². The number of hydrogen-bond donors (Lipinski definition) is 1. The quantitative estimate of drug-likeness (QED) is 0.876. The minimum atomic E-state index is 0.317. The third-order valence-corrected chi connectivity index (χ3v) is 4.35. The minimum absolute atomic E-state index is 0.317. The predicted molar refractivity (Wildman–Crippen MR) is 75.6 cm³/mol. The summed E-state index contributed by atoms with van der Waals surface area (Å²) in [5.41, 5.74) is 2.71. The van der Waals surface area contributed by atoms with Crippen LogP contribution in [-0.2, 0) is 24.2 Å². The molecule has 0 aliphatic carbocycles. The Morgan fingerprint density at radius 1 is 1.44 bits per heavy atom. The maximum atomic E-state index is 5.26. The molecule has 1 fully saturated rings. The third-order valence-electron chi connectivity index (χ3n) is 3.44. The number of aromatic nitrogens is 2. The fraction of sp³-hybridized carbons (Fsp3) is 0.769. The molecule has 1 aliphatic rings. The highest BCUT2D eigenvalue weighted by Crippen LogP contribution is 2.26. The summed E-state index contributed by atoms with van der Waals surface area (Å²) in [5.74, 6) is 0. The van der Waals surface area contributed by atoms with E-state index < -0.39 is 0 Å². The molecule has 1 aromatic heterocycles. The van der Waals surface area contributed by atoms with Crippen LogP contribution in [0, 0.1) is 5.41 Å². The zero-order valence-electron chi connectivity index (χ0n) is 11.4. The summed E-state index contributed by atoms with van der Waals surface area (Å²) >= 11 is 3.67. The molecule has 0 spiro atoms. The molecule has 0 unspecified atom stereocenters. The first-order valence-corrected chi connectivity index (χ1v) is 7.41. The van der Waals surface area contributed by atoms with Crippen LogP contribution in [0.5, 0.6) is 0 Å². The highest BCUT2D eigenvalue weighted by molar-refractivity contribution is 9.10. The molecule has 2 heterocycles. The van der Waals surface area contributed by atoms with Crippen LogP contribution in [0.2, 0.25) is 0 Å². The van der Waals surface area contributed by atoms with Crippen molar-refractivity contribution in [1.82, 2.24) is 15.1 Å². The molecule has 0 aromatic carbocycles. The average molecular weight is 316 g/mol. The molecule has 0 radical (unpaired) electrons. The smallest absolute Gasteiger partial charge is 0.0767 e. The Morgan fingerprint density at radius 2 is 2.17 bits per heavy atom. The summed E-state index contributed by atoms with van der Waals surface area (Å²) in [7, 11) is 0. The van der Waals surface area contributed by atoms with Gasteiger partial charge in [-0.2, -0.15) is 5.10 Å². The molecule has 1 saturated heterocycles. The summed E-state index contributed by atoms with van der Waals surface area (Å²) in [4.78, 5) is 0. The van der Waals surface area contributed by atoms with E-state index in [2.05, 4.69) is 51.8 Å². The minimum Gasteiger partial charge on any atom is -0.380 e. The van der Waals surface area contributed by atoms with Crippen LogP contribution in [0.3, 0.4) is 0 Å². The van der Waals surface area contributed by atoms with E-state index in [1.165, 1.54) is 5.69 Å². The van der Waals surface area contributed by atoms with Gasteiger partial charge in [-0.1, -0.05) is 13.8 Å². The molecule has 1 aromatic rings. The number of rotatable bonds is 6. The topological polar surface area (TPSA) is 39.1 Å². The molecular formula is C13H22BrN3O. The lowest BCUT2D eigenvalue weighted by Gasteiger charge is -2.38. The monoisotopic (exact) mass is 315 g/mol. The van der Waals surface area contributed by atoms with E-state index in [0.29, 0.717) is 5.41 Å². The number of ether oxygens (including phenoxy) is 1. The Kier molecular flexibility index (Phi) is 4.45. The first kappa shape index (κ1) is 14.0. The number of halogens is 1. The fourth-order valence-electron chi connectivity index (χ4n) is 2.22. The van der Waals surface area contributed by atoms with Crippen molar-refractivity contribution in [3.05, 3.63) is 15.9 Å². The Bertz CT molecular complexity index is 413. The van der Waals surface area contributed by atoms with E-state index in [9.17, 15) is 0 Å². The molecule has 0 atom stereocenters. The van der Waals surface area contributed by atoms with Gasteiger partial charge in [0, 0.05) is 25.0 Å². The normalized spacial score (nSPS) is 17.8. The average Bonchev–Trinajstić information content (AvgIpc) is 2.64. The third kappa shape index (κ3) is 2.78. The second kappa shape index (κ2) is 5.72. The summed E-state index contributed by atoms with van der Waals surface area (Å²) < 4.78 is 8.50. The van der Waals surface area contributed by atoms with Crippen LogP contribution in [-0.4, -0.2) is 29.5 Å². The number of hydrogen-bond acceptors (Lipinski definition) is 3. The first-order valence-electron chi connectivity index (χ1n) is 6.62. The number of nitrogens with one attached hydrogen (secondary N) is 1. The van der Waals surface area contributed by atoms with Crippen LogP contribution in [0.4, 0.5) is 0 Å². The van der Waals surface area contributed by atoms with E-state index in [1.54, 1.807) is 0 Å².